The van der Waals surface area contributed by atoms with Crippen molar-refractivity contribution in [3.8, 4) is 11.4 Å². The molecule has 1 N–H and O–H groups in total. The summed E-state index contributed by atoms with van der Waals surface area (Å²) in [5.41, 5.74) is 3.87. The third-order valence-corrected chi connectivity index (χ3v) is 5.68. The van der Waals surface area contributed by atoms with E-state index in [2.05, 4.69) is 19.2 Å². The Morgan fingerprint density at radius 3 is 2.82 bits per heavy atom. The zero-order chi connectivity index (χ0) is 19.7. The first-order valence-corrected chi connectivity index (χ1v) is 10.0. The Morgan fingerprint density at radius 1 is 1.29 bits per heavy atom. The highest BCUT2D eigenvalue weighted by Gasteiger charge is 2.46. The summed E-state index contributed by atoms with van der Waals surface area (Å²) in [4.78, 5) is 24.2. The lowest BCUT2D eigenvalue weighted by Gasteiger charge is -2.35. The minimum absolute atomic E-state index is 0.00626. The van der Waals surface area contributed by atoms with Gasteiger partial charge >= 0.3 is 6.03 Å². The largest absolute Gasteiger partial charge is 0.376 e. The number of benzene rings is 1. The number of carbonyl (C=O) groups is 1. The summed E-state index contributed by atoms with van der Waals surface area (Å²) < 4.78 is 5.95. The molecule has 28 heavy (non-hydrogen) atoms. The highest BCUT2D eigenvalue weighted by molar-refractivity contribution is 5.75. The van der Waals surface area contributed by atoms with Crippen molar-refractivity contribution in [2.75, 3.05) is 26.2 Å². The Labute approximate surface area is 166 Å². The highest BCUT2D eigenvalue weighted by atomic mass is 16.5. The van der Waals surface area contributed by atoms with Crippen LogP contribution in [0.25, 0.3) is 11.4 Å². The van der Waals surface area contributed by atoms with Gasteiger partial charge < -0.3 is 15.0 Å². The van der Waals surface area contributed by atoms with E-state index in [-0.39, 0.29) is 11.4 Å². The highest BCUT2D eigenvalue weighted by Crippen LogP contribution is 2.40. The number of hydrogen-bond donors (Lipinski definition) is 1. The van der Waals surface area contributed by atoms with E-state index < -0.39 is 0 Å². The topological polar surface area (TPSA) is 67.4 Å². The lowest BCUT2D eigenvalue weighted by atomic mass is 9.80. The van der Waals surface area contributed by atoms with Crippen molar-refractivity contribution >= 4 is 6.03 Å². The van der Waals surface area contributed by atoms with Gasteiger partial charge in [0.25, 0.3) is 0 Å². The number of fused-ring (bicyclic) bond motifs is 2. The monoisotopic (exact) mass is 380 g/mol. The number of likely N-dealkylation sites (tertiary alicyclic amines) is 1. The molecule has 0 aliphatic carbocycles. The molecule has 1 saturated heterocycles. The van der Waals surface area contributed by atoms with Crippen LogP contribution in [0.3, 0.4) is 0 Å². The van der Waals surface area contributed by atoms with E-state index in [1.165, 1.54) is 0 Å². The summed E-state index contributed by atoms with van der Waals surface area (Å²) >= 11 is 0. The zero-order valence-electron chi connectivity index (χ0n) is 16.9. The molecule has 3 heterocycles. The molecule has 148 valence electrons. The molecule has 4 rings (SSSR count). The first-order chi connectivity index (χ1) is 13.5. The summed E-state index contributed by atoms with van der Waals surface area (Å²) in [7, 11) is 0. The van der Waals surface area contributed by atoms with Crippen LogP contribution in [0, 0.1) is 12.8 Å². The second-order valence-corrected chi connectivity index (χ2v) is 8.35. The molecule has 0 unspecified atom stereocenters. The Hall–Kier alpha value is -2.47. The smallest absolute Gasteiger partial charge is 0.317 e. The maximum atomic E-state index is 12.6. The van der Waals surface area contributed by atoms with Crippen LogP contribution in [0.15, 0.2) is 30.3 Å². The molecule has 2 amide bonds. The Kier molecular flexibility index (Phi) is 5.06. The Bertz CT molecular complexity index is 868. The molecule has 2 aromatic rings. The molecule has 0 bridgehead atoms. The van der Waals surface area contributed by atoms with E-state index in [9.17, 15) is 4.79 Å². The van der Waals surface area contributed by atoms with Gasteiger partial charge in [-0.25, -0.2) is 14.8 Å². The number of aromatic nitrogens is 2. The number of ether oxygens (including phenoxy) is 1. The number of hydrogen-bond acceptors (Lipinski definition) is 4. The minimum atomic E-state index is -0.250. The van der Waals surface area contributed by atoms with Crippen LogP contribution in [0.1, 0.15) is 37.2 Å². The summed E-state index contributed by atoms with van der Waals surface area (Å²) in [6, 6.07) is 10.1. The van der Waals surface area contributed by atoms with Gasteiger partial charge in [-0.1, -0.05) is 44.2 Å². The molecule has 0 saturated carbocycles. The van der Waals surface area contributed by atoms with Crippen molar-refractivity contribution in [1.82, 2.24) is 20.2 Å². The molecule has 1 atom stereocenters. The van der Waals surface area contributed by atoms with Crippen LogP contribution in [0.5, 0.6) is 0 Å². The number of urea groups is 1. The summed E-state index contributed by atoms with van der Waals surface area (Å²) in [5, 5.41) is 3.03. The standard InChI is InChI=1S/C22H28N4O2/c1-15(2)11-23-21(27)26-10-9-22(13-26)14-28-12-18-16(3)24-20(25-19(18)22)17-7-5-4-6-8-17/h4-8,15H,9-14H2,1-3H3,(H,23,27)/t22-/m0/s1. The molecule has 1 spiro atoms. The van der Waals surface area contributed by atoms with E-state index in [0.717, 1.165) is 41.3 Å². The van der Waals surface area contributed by atoms with Gasteiger partial charge in [0.1, 0.15) is 0 Å². The molecule has 2 aliphatic heterocycles. The fourth-order valence-corrected chi connectivity index (χ4v) is 4.10. The van der Waals surface area contributed by atoms with Crippen LogP contribution in [-0.4, -0.2) is 47.1 Å². The maximum absolute atomic E-state index is 12.6. The molecule has 0 radical (unpaired) electrons. The van der Waals surface area contributed by atoms with Gasteiger partial charge in [-0.05, 0) is 19.3 Å². The van der Waals surface area contributed by atoms with Crippen LogP contribution >= 0.6 is 0 Å². The summed E-state index contributed by atoms with van der Waals surface area (Å²) in [5.74, 6) is 1.18. The van der Waals surface area contributed by atoms with Crippen molar-refractivity contribution in [3.05, 3.63) is 47.3 Å². The fraction of sp³-hybridized carbons (Fsp3) is 0.500. The molecule has 1 aromatic carbocycles. The number of amides is 2. The first kappa shape index (κ1) is 18.9. The van der Waals surface area contributed by atoms with E-state index in [1.54, 1.807) is 0 Å². The Morgan fingerprint density at radius 2 is 2.07 bits per heavy atom. The van der Waals surface area contributed by atoms with Gasteiger partial charge in [0.05, 0.1) is 24.3 Å². The molecule has 6 nitrogen and oxygen atoms in total. The SMILES string of the molecule is Cc1nc(-c2ccccc2)nc2c1COC[C@@]21CCN(C(=O)NCC(C)C)C1. The second kappa shape index (κ2) is 7.51. The van der Waals surface area contributed by atoms with Crippen molar-refractivity contribution < 1.29 is 9.53 Å². The van der Waals surface area contributed by atoms with Gasteiger partial charge in [0.2, 0.25) is 0 Å². The molecule has 6 heteroatoms. The molecule has 1 fully saturated rings. The lowest BCUT2D eigenvalue weighted by Crippen LogP contribution is -2.45. The van der Waals surface area contributed by atoms with E-state index in [1.807, 2.05) is 42.2 Å². The number of nitrogens with one attached hydrogen (secondary N) is 1. The number of aryl methyl sites for hydroxylation is 1. The van der Waals surface area contributed by atoms with Crippen LogP contribution in [0.4, 0.5) is 4.79 Å². The van der Waals surface area contributed by atoms with Gasteiger partial charge in [0.15, 0.2) is 5.82 Å². The van der Waals surface area contributed by atoms with Gasteiger partial charge in [-0.2, -0.15) is 0 Å². The van der Waals surface area contributed by atoms with Crippen LogP contribution in [0.2, 0.25) is 0 Å². The van der Waals surface area contributed by atoms with Gasteiger partial charge in [0, 0.05) is 36.5 Å². The van der Waals surface area contributed by atoms with E-state index in [0.29, 0.717) is 32.2 Å². The number of rotatable bonds is 3. The summed E-state index contributed by atoms with van der Waals surface area (Å²) in [6.07, 6.45) is 0.861. The van der Waals surface area contributed by atoms with Crippen molar-refractivity contribution in [2.45, 2.75) is 39.2 Å². The van der Waals surface area contributed by atoms with Gasteiger partial charge in [-0.3, -0.25) is 0 Å². The average Bonchev–Trinajstić information content (AvgIpc) is 3.12. The summed E-state index contributed by atoms with van der Waals surface area (Å²) in [6.45, 7) is 9.40. The van der Waals surface area contributed by atoms with Gasteiger partial charge in [-0.15, -0.1) is 0 Å². The second-order valence-electron chi connectivity index (χ2n) is 8.35. The third kappa shape index (κ3) is 3.49. The minimum Gasteiger partial charge on any atom is -0.376 e. The quantitative estimate of drug-likeness (QED) is 0.887. The van der Waals surface area contributed by atoms with Crippen molar-refractivity contribution in [2.24, 2.45) is 5.92 Å². The first-order valence-electron chi connectivity index (χ1n) is 10.0. The fourth-order valence-electron chi connectivity index (χ4n) is 4.10. The van der Waals surface area contributed by atoms with Crippen molar-refractivity contribution in [3.63, 3.8) is 0 Å². The predicted octanol–water partition coefficient (Wildman–Crippen LogP) is 3.29. The van der Waals surface area contributed by atoms with Crippen LogP contribution in [-0.2, 0) is 16.8 Å². The van der Waals surface area contributed by atoms with Crippen LogP contribution < -0.4 is 5.32 Å². The number of carbonyl (C=O) groups excluding carboxylic acids is 1. The third-order valence-electron chi connectivity index (χ3n) is 5.68. The predicted molar refractivity (Wildman–Crippen MR) is 108 cm³/mol. The maximum Gasteiger partial charge on any atom is 0.317 e. The van der Waals surface area contributed by atoms with E-state index in [4.69, 9.17) is 14.7 Å². The molecule has 1 aromatic heterocycles. The van der Waals surface area contributed by atoms with Crippen molar-refractivity contribution in [1.29, 1.82) is 0 Å². The molecule has 2 aliphatic rings. The average molecular weight is 380 g/mol. The normalized spacial score (nSPS) is 21.2. The Balaban J connectivity index is 1.65. The number of nitrogens with zero attached hydrogens (tertiary/aromatic N) is 3. The zero-order valence-corrected chi connectivity index (χ0v) is 16.9. The lowest BCUT2D eigenvalue weighted by molar-refractivity contribution is 0.0514. The molecular weight excluding hydrogens is 352 g/mol. The van der Waals surface area contributed by atoms with E-state index >= 15 is 0 Å². The molecular formula is C22H28N4O2.